The highest BCUT2D eigenvalue weighted by Crippen LogP contribution is 2.24. The summed E-state index contributed by atoms with van der Waals surface area (Å²) in [6.45, 7) is 3.00. The fourth-order valence-corrected chi connectivity index (χ4v) is 2.30. The summed E-state index contributed by atoms with van der Waals surface area (Å²) in [6, 6.07) is 3.77. The van der Waals surface area contributed by atoms with Crippen molar-refractivity contribution in [3.8, 4) is 0 Å². The second-order valence-corrected chi connectivity index (χ2v) is 4.67. The van der Waals surface area contributed by atoms with Gasteiger partial charge in [0, 0.05) is 26.2 Å². The third kappa shape index (κ3) is 2.80. The average molecular weight is 272 g/mol. The molecule has 1 unspecified atom stereocenters. The van der Waals surface area contributed by atoms with Gasteiger partial charge >= 0.3 is 0 Å². The molecule has 2 rings (SSSR count). The molecule has 4 nitrogen and oxygen atoms in total. The number of hydrogen-bond acceptors (Lipinski definition) is 3. The predicted molar refractivity (Wildman–Crippen MR) is 67.8 cm³/mol. The summed E-state index contributed by atoms with van der Waals surface area (Å²) in [6.07, 6.45) is 0. The number of nitrogens with one attached hydrogen (secondary N) is 1. The molecule has 0 radical (unpaired) electrons. The number of halogens is 2. The van der Waals surface area contributed by atoms with Crippen molar-refractivity contribution in [3.05, 3.63) is 34.6 Å². The van der Waals surface area contributed by atoms with Gasteiger partial charge in [-0.2, -0.15) is 0 Å². The molecule has 0 aromatic heterocycles. The topological polar surface area (TPSA) is 58.4 Å². The van der Waals surface area contributed by atoms with Crippen LogP contribution in [0.5, 0.6) is 0 Å². The summed E-state index contributed by atoms with van der Waals surface area (Å²) >= 11 is 5.64. The number of rotatable bonds is 3. The molecule has 6 heteroatoms. The molecule has 1 aromatic rings. The summed E-state index contributed by atoms with van der Waals surface area (Å²) in [7, 11) is 0. The van der Waals surface area contributed by atoms with Crippen LogP contribution < -0.4 is 11.1 Å². The van der Waals surface area contributed by atoms with Crippen molar-refractivity contribution in [1.29, 1.82) is 0 Å². The molecule has 1 aliphatic heterocycles. The van der Waals surface area contributed by atoms with Crippen molar-refractivity contribution in [2.45, 2.75) is 6.04 Å². The van der Waals surface area contributed by atoms with E-state index in [1.807, 2.05) is 4.90 Å². The zero-order valence-corrected chi connectivity index (χ0v) is 10.6. The number of carbonyl (C=O) groups is 1. The van der Waals surface area contributed by atoms with Crippen molar-refractivity contribution in [2.75, 3.05) is 26.2 Å². The number of nitrogens with zero attached hydrogens (tertiary/aromatic N) is 1. The first-order valence-corrected chi connectivity index (χ1v) is 6.16. The molecule has 1 aromatic carbocycles. The average Bonchev–Trinajstić information content (AvgIpc) is 2.35. The largest absolute Gasteiger partial charge is 0.368 e. The van der Waals surface area contributed by atoms with E-state index in [0.29, 0.717) is 18.7 Å². The van der Waals surface area contributed by atoms with Crippen LogP contribution in [0.1, 0.15) is 11.6 Å². The van der Waals surface area contributed by atoms with Crippen LogP contribution in [0, 0.1) is 5.82 Å². The van der Waals surface area contributed by atoms with Gasteiger partial charge in [0.05, 0.1) is 5.02 Å². The number of nitrogens with two attached hydrogens (primary N) is 1. The first-order chi connectivity index (χ1) is 8.59. The van der Waals surface area contributed by atoms with Gasteiger partial charge in [-0.3, -0.25) is 9.69 Å². The number of hydrogen-bond donors (Lipinski definition) is 2. The number of amides is 1. The second kappa shape index (κ2) is 5.65. The van der Waals surface area contributed by atoms with Gasteiger partial charge < -0.3 is 11.1 Å². The lowest BCUT2D eigenvalue weighted by atomic mass is 10.0. The number of piperazine rings is 1. The van der Waals surface area contributed by atoms with E-state index in [4.69, 9.17) is 17.3 Å². The standard InChI is InChI=1S/C12H15ClFN3O/c13-9-2-1-8(7-10(9)14)11(12(15)18)17-5-3-16-4-6-17/h1-2,7,11,16H,3-6H2,(H2,15,18). The molecule has 0 aliphatic carbocycles. The highest BCUT2D eigenvalue weighted by molar-refractivity contribution is 6.30. The lowest BCUT2D eigenvalue weighted by molar-refractivity contribution is -0.123. The van der Waals surface area contributed by atoms with Crippen molar-refractivity contribution in [2.24, 2.45) is 5.73 Å². The molecule has 0 bridgehead atoms. The van der Waals surface area contributed by atoms with Crippen LogP contribution in [0.25, 0.3) is 0 Å². The van der Waals surface area contributed by atoms with Gasteiger partial charge in [0.25, 0.3) is 0 Å². The monoisotopic (exact) mass is 271 g/mol. The molecule has 1 atom stereocenters. The van der Waals surface area contributed by atoms with E-state index in [2.05, 4.69) is 5.32 Å². The Morgan fingerprint density at radius 3 is 2.67 bits per heavy atom. The Kier molecular flexibility index (Phi) is 4.16. The molecule has 1 amide bonds. The molecule has 1 heterocycles. The molecule has 1 fully saturated rings. The number of primary amides is 1. The summed E-state index contributed by atoms with van der Waals surface area (Å²) in [5.74, 6) is -1.01. The van der Waals surface area contributed by atoms with Crippen LogP contribution in [0.15, 0.2) is 18.2 Å². The van der Waals surface area contributed by atoms with Gasteiger partial charge in [-0.1, -0.05) is 17.7 Å². The molecule has 3 N–H and O–H groups in total. The Balaban J connectivity index is 2.28. The Morgan fingerprint density at radius 2 is 2.11 bits per heavy atom. The Bertz CT molecular complexity index is 449. The minimum atomic E-state index is -0.598. The lowest BCUT2D eigenvalue weighted by Gasteiger charge is -2.33. The zero-order chi connectivity index (χ0) is 13.1. The molecule has 0 spiro atoms. The van der Waals surface area contributed by atoms with Crippen LogP contribution in [0.4, 0.5) is 4.39 Å². The van der Waals surface area contributed by atoms with E-state index in [0.717, 1.165) is 13.1 Å². The lowest BCUT2D eigenvalue weighted by Crippen LogP contribution is -2.48. The van der Waals surface area contributed by atoms with Gasteiger partial charge in [-0.15, -0.1) is 0 Å². The molecular formula is C12H15ClFN3O. The van der Waals surface area contributed by atoms with Gasteiger partial charge in [-0.25, -0.2) is 4.39 Å². The normalized spacial score (nSPS) is 18.6. The smallest absolute Gasteiger partial charge is 0.239 e. The van der Waals surface area contributed by atoms with Crippen LogP contribution in [0.3, 0.4) is 0 Å². The number of benzene rings is 1. The maximum absolute atomic E-state index is 13.5. The minimum Gasteiger partial charge on any atom is -0.368 e. The van der Waals surface area contributed by atoms with Crippen molar-refractivity contribution in [3.63, 3.8) is 0 Å². The highest BCUT2D eigenvalue weighted by Gasteiger charge is 2.27. The third-order valence-electron chi connectivity index (χ3n) is 3.05. The maximum atomic E-state index is 13.5. The van der Waals surface area contributed by atoms with Crippen LogP contribution in [-0.4, -0.2) is 37.0 Å². The molecule has 0 saturated carbocycles. The van der Waals surface area contributed by atoms with Crippen LogP contribution in [0.2, 0.25) is 5.02 Å². The van der Waals surface area contributed by atoms with Crippen molar-refractivity contribution >= 4 is 17.5 Å². The Hall–Kier alpha value is -1.17. The molecule has 1 saturated heterocycles. The molecule has 18 heavy (non-hydrogen) atoms. The van der Waals surface area contributed by atoms with Gasteiger partial charge in [-0.05, 0) is 17.7 Å². The summed E-state index contributed by atoms with van der Waals surface area (Å²) < 4.78 is 13.5. The van der Waals surface area contributed by atoms with E-state index < -0.39 is 17.8 Å². The molecular weight excluding hydrogens is 257 g/mol. The fourth-order valence-electron chi connectivity index (χ4n) is 2.18. The second-order valence-electron chi connectivity index (χ2n) is 4.26. The van der Waals surface area contributed by atoms with Gasteiger partial charge in [0.1, 0.15) is 11.9 Å². The van der Waals surface area contributed by atoms with E-state index in [1.54, 1.807) is 6.07 Å². The van der Waals surface area contributed by atoms with Crippen molar-refractivity contribution in [1.82, 2.24) is 10.2 Å². The predicted octanol–water partition coefficient (Wildman–Crippen LogP) is 0.911. The summed E-state index contributed by atoms with van der Waals surface area (Å²) in [4.78, 5) is 13.5. The van der Waals surface area contributed by atoms with Gasteiger partial charge in [0.15, 0.2) is 0 Å². The van der Waals surface area contributed by atoms with Crippen molar-refractivity contribution < 1.29 is 9.18 Å². The first-order valence-electron chi connectivity index (χ1n) is 5.78. The fraction of sp³-hybridized carbons (Fsp3) is 0.417. The zero-order valence-electron chi connectivity index (χ0n) is 9.83. The van der Waals surface area contributed by atoms with Crippen LogP contribution in [-0.2, 0) is 4.79 Å². The molecule has 1 aliphatic rings. The first kappa shape index (κ1) is 13.3. The summed E-state index contributed by atoms with van der Waals surface area (Å²) in [5.41, 5.74) is 5.98. The quantitative estimate of drug-likeness (QED) is 0.859. The van der Waals surface area contributed by atoms with Gasteiger partial charge in [0.2, 0.25) is 5.91 Å². The van der Waals surface area contributed by atoms with E-state index in [9.17, 15) is 9.18 Å². The minimum absolute atomic E-state index is 0.0438. The van der Waals surface area contributed by atoms with E-state index in [-0.39, 0.29) is 5.02 Å². The third-order valence-corrected chi connectivity index (χ3v) is 3.35. The van der Waals surface area contributed by atoms with E-state index in [1.165, 1.54) is 12.1 Å². The van der Waals surface area contributed by atoms with E-state index >= 15 is 0 Å². The highest BCUT2D eigenvalue weighted by atomic mass is 35.5. The molecule has 98 valence electrons. The number of carbonyl (C=O) groups excluding carboxylic acids is 1. The maximum Gasteiger partial charge on any atom is 0.239 e. The Labute approximate surface area is 110 Å². The Morgan fingerprint density at radius 1 is 1.44 bits per heavy atom. The summed E-state index contributed by atoms with van der Waals surface area (Å²) in [5, 5.41) is 3.24. The van der Waals surface area contributed by atoms with Crippen LogP contribution >= 0.6 is 11.6 Å². The SMILES string of the molecule is NC(=O)C(c1ccc(Cl)c(F)c1)N1CCNCC1.